The zero-order chi connectivity index (χ0) is 29.7. The first-order valence-electron chi connectivity index (χ1n) is 14.9. The Morgan fingerprint density at radius 2 is 1.52 bits per heavy atom. The lowest BCUT2D eigenvalue weighted by Gasteiger charge is -2.28. The van der Waals surface area contributed by atoms with Crippen molar-refractivity contribution in [3.8, 4) is 0 Å². The second kappa shape index (κ2) is 15.7. The molecule has 0 spiro atoms. The second-order valence-corrected chi connectivity index (χ2v) is 11.2. The van der Waals surface area contributed by atoms with Crippen LogP contribution in [-0.4, -0.2) is 48.0 Å². The summed E-state index contributed by atoms with van der Waals surface area (Å²) in [5.74, 6) is -3.04. The molecule has 1 aliphatic heterocycles. The third-order valence-corrected chi connectivity index (χ3v) is 7.99. The number of ketones is 1. The molecular formula is C33H40N4O5. The van der Waals surface area contributed by atoms with Crippen LogP contribution in [0.2, 0.25) is 0 Å². The van der Waals surface area contributed by atoms with Gasteiger partial charge in [-0.1, -0.05) is 92.8 Å². The number of benzene rings is 2. The number of hydrogen-bond donors (Lipinski definition) is 4. The van der Waals surface area contributed by atoms with E-state index in [0.29, 0.717) is 19.4 Å². The lowest BCUT2D eigenvalue weighted by Crippen LogP contribution is -2.54. The highest BCUT2D eigenvalue weighted by molar-refractivity contribution is 6.38. The quantitative estimate of drug-likeness (QED) is 0.216. The number of carbonyl (C=O) groups is 5. The van der Waals surface area contributed by atoms with E-state index in [4.69, 9.17) is 0 Å². The molecule has 1 heterocycles. The minimum atomic E-state index is -1.20. The van der Waals surface area contributed by atoms with Gasteiger partial charge in [0.15, 0.2) is 0 Å². The Balaban J connectivity index is 1.47. The Morgan fingerprint density at radius 1 is 0.833 bits per heavy atom. The van der Waals surface area contributed by atoms with Gasteiger partial charge in [0.05, 0.1) is 6.04 Å². The Kier molecular flexibility index (Phi) is 11.4. The minimum absolute atomic E-state index is 0.00711. The number of hydrogen-bond acceptors (Lipinski definition) is 5. The van der Waals surface area contributed by atoms with E-state index in [1.165, 1.54) is 6.08 Å². The summed E-state index contributed by atoms with van der Waals surface area (Å²) in [6, 6.07) is 16.5. The van der Waals surface area contributed by atoms with Gasteiger partial charge in [-0.2, -0.15) is 0 Å². The predicted octanol–water partition coefficient (Wildman–Crippen LogP) is 3.05. The Bertz CT molecular complexity index is 1260. The van der Waals surface area contributed by atoms with E-state index in [1.54, 1.807) is 6.08 Å². The molecular weight excluding hydrogens is 532 g/mol. The zero-order valence-electron chi connectivity index (χ0n) is 23.8. The molecule has 222 valence electrons. The number of amides is 4. The standard InChI is InChI=1S/C33H40N4O5/c38-29(17-16-23-10-4-1-5-11-23)36-28(20-24-12-6-2-7-13-24)32(41)37-27(21-26-18-19-34-31(26)40)30(39)33(42)35-22-25-14-8-3-9-15-25/h1,3-5,8-11,14-17,24,26-28H,2,6-7,12-13,18-22H2,(H,34,40)(H,35,42)(H,36,38)(H,37,41)/b17-16+/t26-,27-,28-/m0/s1. The highest BCUT2D eigenvalue weighted by Gasteiger charge is 2.36. The fourth-order valence-electron chi connectivity index (χ4n) is 5.63. The van der Waals surface area contributed by atoms with Crippen molar-refractivity contribution in [2.45, 2.75) is 70.0 Å². The third kappa shape index (κ3) is 9.39. The van der Waals surface area contributed by atoms with Crippen LogP contribution in [0.5, 0.6) is 0 Å². The third-order valence-electron chi connectivity index (χ3n) is 7.99. The van der Waals surface area contributed by atoms with Gasteiger partial charge in [0.25, 0.3) is 5.91 Å². The molecule has 0 unspecified atom stereocenters. The van der Waals surface area contributed by atoms with E-state index < -0.39 is 41.5 Å². The fraction of sp³-hybridized carbons (Fsp3) is 0.424. The largest absolute Gasteiger partial charge is 0.356 e. The van der Waals surface area contributed by atoms with Crippen LogP contribution >= 0.6 is 0 Å². The van der Waals surface area contributed by atoms with Gasteiger partial charge in [-0.25, -0.2) is 0 Å². The van der Waals surface area contributed by atoms with Gasteiger partial charge in [0, 0.05) is 25.1 Å². The van der Waals surface area contributed by atoms with Gasteiger partial charge in [-0.15, -0.1) is 0 Å². The minimum Gasteiger partial charge on any atom is -0.356 e. The van der Waals surface area contributed by atoms with Gasteiger partial charge in [0.2, 0.25) is 23.5 Å². The van der Waals surface area contributed by atoms with Gasteiger partial charge in [-0.3, -0.25) is 24.0 Å². The normalized spacial score (nSPS) is 18.6. The van der Waals surface area contributed by atoms with Crippen LogP contribution in [0, 0.1) is 11.8 Å². The Labute approximate surface area is 246 Å². The van der Waals surface area contributed by atoms with E-state index in [1.807, 2.05) is 60.7 Å². The summed E-state index contributed by atoms with van der Waals surface area (Å²) >= 11 is 0. The fourth-order valence-corrected chi connectivity index (χ4v) is 5.63. The van der Waals surface area contributed by atoms with Crippen molar-refractivity contribution in [1.29, 1.82) is 0 Å². The Hall–Kier alpha value is -4.27. The monoisotopic (exact) mass is 572 g/mol. The average molecular weight is 573 g/mol. The first kappa shape index (κ1) is 30.7. The topological polar surface area (TPSA) is 133 Å². The first-order chi connectivity index (χ1) is 20.4. The molecule has 0 radical (unpaired) electrons. The molecule has 2 aromatic carbocycles. The first-order valence-corrected chi connectivity index (χ1v) is 14.9. The summed E-state index contributed by atoms with van der Waals surface area (Å²) in [6.07, 6.45) is 9.23. The van der Waals surface area contributed by atoms with Crippen LogP contribution in [0.4, 0.5) is 0 Å². The molecule has 4 amide bonds. The summed E-state index contributed by atoms with van der Waals surface area (Å²) < 4.78 is 0. The molecule has 1 aliphatic carbocycles. The number of rotatable bonds is 13. The Morgan fingerprint density at radius 3 is 2.19 bits per heavy atom. The summed E-state index contributed by atoms with van der Waals surface area (Å²) in [5, 5.41) is 10.9. The van der Waals surface area contributed by atoms with E-state index in [-0.39, 0.29) is 24.8 Å². The van der Waals surface area contributed by atoms with E-state index >= 15 is 0 Å². The average Bonchev–Trinajstić information content (AvgIpc) is 3.43. The van der Waals surface area contributed by atoms with Crippen LogP contribution in [-0.2, 0) is 30.5 Å². The second-order valence-electron chi connectivity index (χ2n) is 11.2. The molecule has 9 nitrogen and oxygen atoms in total. The van der Waals surface area contributed by atoms with Crippen LogP contribution in [0.15, 0.2) is 66.7 Å². The van der Waals surface area contributed by atoms with E-state index in [0.717, 1.165) is 43.2 Å². The van der Waals surface area contributed by atoms with Crippen molar-refractivity contribution >= 4 is 35.5 Å². The van der Waals surface area contributed by atoms with E-state index in [2.05, 4.69) is 21.3 Å². The van der Waals surface area contributed by atoms with E-state index in [9.17, 15) is 24.0 Å². The molecule has 2 aliphatic rings. The molecule has 42 heavy (non-hydrogen) atoms. The molecule has 2 aromatic rings. The SMILES string of the molecule is O=C(/C=C/c1ccccc1)N[C@@H](CC1CCCCC1)C(=O)N[C@@H](C[C@@H]1CCNC1=O)C(=O)C(=O)NCc1ccccc1. The van der Waals surface area contributed by atoms with Crippen molar-refractivity contribution < 1.29 is 24.0 Å². The highest BCUT2D eigenvalue weighted by Crippen LogP contribution is 2.27. The summed E-state index contributed by atoms with van der Waals surface area (Å²) in [7, 11) is 0. The smallest absolute Gasteiger partial charge is 0.289 e. The molecule has 2 fully saturated rings. The molecule has 4 N–H and O–H groups in total. The van der Waals surface area contributed by atoms with Crippen LogP contribution in [0.1, 0.15) is 62.5 Å². The van der Waals surface area contributed by atoms with Crippen molar-refractivity contribution in [2.75, 3.05) is 6.54 Å². The molecule has 3 atom stereocenters. The molecule has 0 aromatic heterocycles. The van der Waals surface area contributed by atoms with Gasteiger partial charge >= 0.3 is 0 Å². The summed E-state index contributed by atoms with van der Waals surface area (Å²) in [6.45, 7) is 0.636. The summed E-state index contributed by atoms with van der Waals surface area (Å²) in [5.41, 5.74) is 1.68. The maximum atomic E-state index is 13.7. The van der Waals surface area contributed by atoms with Crippen molar-refractivity contribution in [1.82, 2.24) is 21.3 Å². The number of nitrogens with one attached hydrogen (secondary N) is 4. The van der Waals surface area contributed by atoms with Crippen molar-refractivity contribution in [2.24, 2.45) is 11.8 Å². The molecule has 0 bridgehead atoms. The predicted molar refractivity (Wildman–Crippen MR) is 160 cm³/mol. The lowest BCUT2D eigenvalue weighted by atomic mass is 9.84. The van der Waals surface area contributed by atoms with Gasteiger partial charge < -0.3 is 21.3 Å². The van der Waals surface area contributed by atoms with Crippen LogP contribution in [0.3, 0.4) is 0 Å². The maximum absolute atomic E-state index is 13.7. The molecule has 1 saturated carbocycles. The highest BCUT2D eigenvalue weighted by atomic mass is 16.2. The van der Waals surface area contributed by atoms with Crippen LogP contribution in [0.25, 0.3) is 6.08 Å². The molecule has 1 saturated heterocycles. The summed E-state index contributed by atoms with van der Waals surface area (Å²) in [4.78, 5) is 65.1. The van der Waals surface area contributed by atoms with Gasteiger partial charge in [0.1, 0.15) is 6.04 Å². The van der Waals surface area contributed by atoms with Crippen molar-refractivity contribution in [3.05, 3.63) is 77.9 Å². The van der Waals surface area contributed by atoms with Gasteiger partial charge in [-0.05, 0) is 42.4 Å². The lowest BCUT2D eigenvalue weighted by molar-refractivity contribution is -0.141. The molecule has 4 rings (SSSR count). The number of carbonyl (C=O) groups excluding carboxylic acids is 5. The van der Waals surface area contributed by atoms with Crippen molar-refractivity contribution in [3.63, 3.8) is 0 Å². The number of Topliss-reactive ketones (excluding diaryl/α,β-unsaturated/α-hetero) is 1. The van der Waals surface area contributed by atoms with Crippen LogP contribution < -0.4 is 21.3 Å². The zero-order valence-corrected chi connectivity index (χ0v) is 23.8. The molecule has 9 heteroatoms. The maximum Gasteiger partial charge on any atom is 0.289 e.